The zero-order valence-electron chi connectivity index (χ0n) is 27.2. The third-order valence-corrected chi connectivity index (χ3v) is 9.65. The van der Waals surface area contributed by atoms with Crippen molar-refractivity contribution in [2.45, 2.75) is 64.1 Å². The van der Waals surface area contributed by atoms with E-state index in [1.807, 2.05) is 82.3 Å². The van der Waals surface area contributed by atoms with Gasteiger partial charge in [-0.15, -0.1) is 0 Å². The minimum absolute atomic E-state index is 0.0604. The second kappa shape index (κ2) is 16.2. The molecule has 0 saturated heterocycles. The van der Waals surface area contributed by atoms with Crippen LogP contribution in [-0.2, 0) is 32.6 Å². The van der Waals surface area contributed by atoms with Crippen LogP contribution in [0.3, 0.4) is 0 Å². The van der Waals surface area contributed by atoms with Crippen LogP contribution in [-0.4, -0.2) is 50.4 Å². The van der Waals surface area contributed by atoms with Gasteiger partial charge in [0.1, 0.15) is 24.2 Å². The summed E-state index contributed by atoms with van der Waals surface area (Å²) in [7, 11) is -4.33. The number of ether oxygens (including phenoxy) is 1. The van der Waals surface area contributed by atoms with Crippen molar-refractivity contribution in [1.29, 1.82) is 0 Å². The molecule has 0 heterocycles. The molecule has 0 aliphatic rings. The predicted molar refractivity (Wildman–Crippen MR) is 182 cm³/mol. The van der Waals surface area contributed by atoms with Gasteiger partial charge < -0.3 is 15.0 Å². The second-order valence-electron chi connectivity index (χ2n) is 11.4. The zero-order chi connectivity index (χ0) is 34.0. The summed E-state index contributed by atoms with van der Waals surface area (Å²) in [4.78, 5) is 29.8. The Labute approximate surface area is 277 Å². The fourth-order valence-electron chi connectivity index (χ4n) is 5.02. The lowest BCUT2D eigenvalue weighted by atomic mass is 10.0. The lowest BCUT2D eigenvalue weighted by molar-refractivity contribution is -0.140. The summed E-state index contributed by atoms with van der Waals surface area (Å²) in [6, 6.07) is 26.7. The number of carbonyl (C=O) groups excluding carboxylic acids is 2. The molecule has 2 amide bonds. The number of benzene rings is 4. The monoisotopic (exact) mass is 659 g/mol. The largest absolute Gasteiger partial charge is 0.494 e. The maximum absolute atomic E-state index is 14.5. The first-order valence-corrected chi connectivity index (χ1v) is 17.2. The van der Waals surface area contributed by atoms with E-state index in [2.05, 4.69) is 5.32 Å². The summed E-state index contributed by atoms with van der Waals surface area (Å²) in [5.41, 5.74) is 2.76. The molecular weight excluding hydrogens is 617 g/mol. The topological polar surface area (TPSA) is 96.0 Å². The quantitative estimate of drug-likeness (QED) is 0.162. The van der Waals surface area contributed by atoms with Crippen LogP contribution in [0.2, 0.25) is 0 Å². The zero-order valence-corrected chi connectivity index (χ0v) is 28.0. The van der Waals surface area contributed by atoms with E-state index in [-0.39, 0.29) is 35.5 Å². The Morgan fingerprint density at radius 1 is 0.851 bits per heavy atom. The molecule has 47 heavy (non-hydrogen) atoms. The number of carbonyl (C=O) groups is 2. The molecule has 8 nitrogen and oxygen atoms in total. The summed E-state index contributed by atoms with van der Waals surface area (Å²) in [5, 5.41) is 3.02. The second-order valence-corrected chi connectivity index (χ2v) is 13.3. The van der Waals surface area contributed by atoms with E-state index in [0.29, 0.717) is 18.8 Å². The molecule has 1 N–H and O–H groups in total. The highest BCUT2D eigenvalue weighted by atomic mass is 32.2. The minimum atomic E-state index is -4.33. The van der Waals surface area contributed by atoms with Gasteiger partial charge in [0.05, 0.1) is 17.2 Å². The average molecular weight is 660 g/mol. The van der Waals surface area contributed by atoms with Crippen LogP contribution in [0, 0.1) is 12.7 Å². The van der Waals surface area contributed by atoms with Crippen LogP contribution in [0.15, 0.2) is 108 Å². The van der Waals surface area contributed by atoms with Crippen molar-refractivity contribution in [2.24, 2.45) is 0 Å². The van der Waals surface area contributed by atoms with Gasteiger partial charge in [0.15, 0.2) is 0 Å². The van der Waals surface area contributed by atoms with Gasteiger partial charge in [0, 0.05) is 19.0 Å². The van der Waals surface area contributed by atoms with Crippen molar-refractivity contribution in [3.05, 3.63) is 126 Å². The van der Waals surface area contributed by atoms with Crippen molar-refractivity contribution >= 4 is 27.5 Å². The van der Waals surface area contributed by atoms with Gasteiger partial charge in [-0.25, -0.2) is 12.8 Å². The van der Waals surface area contributed by atoms with Gasteiger partial charge in [0.25, 0.3) is 10.0 Å². The third kappa shape index (κ3) is 9.42. The van der Waals surface area contributed by atoms with Gasteiger partial charge in [-0.05, 0) is 86.8 Å². The number of amides is 2. The Bertz CT molecular complexity index is 1720. The maximum atomic E-state index is 14.5. The number of anilines is 1. The highest BCUT2D eigenvalue weighted by Gasteiger charge is 2.35. The normalized spacial score (nSPS) is 12.5. The third-order valence-electron chi connectivity index (χ3n) is 7.86. The molecule has 4 rings (SSSR count). The molecule has 4 aromatic carbocycles. The minimum Gasteiger partial charge on any atom is -0.494 e. The van der Waals surface area contributed by atoms with Crippen LogP contribution in [0.1, 0.15) is 43.9 Å². The first kappa shape index (κ1) is 35.2. The number of hydrogen-bond donors (Lipinski definition) is 1. The summed E-state index contributed by atoms with van der Waals surface area (Å²) < 4.78 is 48.7. The Hall–Kier alpha value is -4.70. The number of aryl methyl sites for hydroxylation is 1. The summed E-state index contributed by atoms with van der Waals surface area (Å²) in [5.74, 6) is -0.989. The van der Waals surface area contributed by atoms with Crippen LogP contribution < -0.4 is 14.4 Å². The molecule has 2 atom stereocenters. The van der Waals surface area contributed by atoms with E-state index in [9.17, 15) is 22.4 Å². The Morgan fingerprint density at radius 2 is 1.49 bits per heavy atom. The van der Waals surface area contributed by atoms with Crippen molar-refractivity contribution in [3.8, 4) is 5.75 Å². The molecule has 0 aliphatic carbocycles. The van der Waals surface area contributed by atoms with E-state index < -0.39 is 34.3 Å². The molecule has 248 valence electrons. The Kier molecular flexibility index (Phi) is 12.1. The number of halogens is 1. The van der Waals surface area contributed by atoms with E-state index in [4.69, 9.17) is 4.74 Å². The summed E-state index contributed by atoms with van der Waals surface area (Å²) >= 11 is 0. The molecule has 0 spiro atoms. The van der Waals surface area contributed by atoms with E-state index in [1.165, 1.54) is 29.2 Å². The number of hydrogen-bond acceptors (Lipinski definition) is 5. The summed E-state index contributed by atoms with van der Waals surface area (Å²) in [6.07, 6.45) is 0.900. The number of nitrogens with one attached hydrogen (secondary N) is 1. The van der Waals surface area contributed by atoms with Crippen molar-refractivity contribution in [1.82, 2.24) is 10.2 Å². The molecule has 0 radical (unpaired) electrons. The molecule has 10 heteroatoms. The van der Waals surface area contributed by atoms with Gasteiger partial charge in [-0.2, -0.15) is 0 Å². The number of sulfonamides is 1. The average Bonchev–Trinajstić information content (AvgIpc) is 3.07. The van der Waals surface area contributed by atoms with E-state index >= 15 is 0 Å². The molecule has 0 bridgehead atoms. The van der Waals surface area contributed by atoms with Gasteiger partial charge in [-0.3, -0.25) is 13.9 Å². The van der Waals surface area contributed by atoms with Crippen molar-refractivity contribution in [3.63, 3.8) is 0 Å². The van der Waals surface area contributed by atoms with Crippen LogP contribution in [0.25, 0.3) is 0 Å². The fourth-order valence-corrected chi connectivity index (χ4v) is 6.44. The molecule has 2 unspecified atom stereocenters. The Balaban J connectivity index is 1.79. The molecule has 4 aromatic rings. The molecular formula is C37H42FN3O5S. The SMILES string of the molecule is CCOc1ccc(S(=O)(=O)N(CC(=O)N(Cc2ccc(C)cc2)C(Cc2ccccc2)C(=O)NC(C)CC)c2ccc(F)cc2)cc1. The van der Waals surface area contributed by atoms with Crippen LogP contribution in [0.5, 0.6) is 5.75 Å². The maximum Gasteiger partial charge on any atom is 0.264 e. The van der Waals surface area contributed by atoms with Gasteiger partial charge in [0.2, 0.25) is 11.8 Å². The standard InChI is InChI=1S/C37H42FN3O5S/c1-5-28(4)39-37(43)35(24-29-10-8-7-9-11-29)40(25-30-14-12-27(3)13-15-30)36(42)26-41(32-18-16-31(38)17-19-32)47(44,45)34-22-20-33(21-23-34)46-6-2/h7-23,28,35H,5-6,24-26H2,1-4H3,(H,39,43). The fraction of sp³-hybridized carbons (Fsp3) is 0.297. The molecule has 0 aliphatic heterocycles. The van der Waals surface area contributed by atoms with Crippen molar-refractivity contribution in [2.75, 3.05) is 17.5 Å². The van der Waals surface area contributed by atoms with E-state index in [1.54, 1.807) is 12.1 Å². The van der Waals surface area contributed by atoms with Crippen LogP contribution in [0.4, 0.5) is 10.1 Å². The Morgan fingerprint density at radius 3 is 2.09 bits per heavy atom. The summed E-state index contributed by atoms with van der Waals surface area (Å²) in [6.45, 7) is 7.47. The predicted octanol–water partition coefficient (Wildman–Crippen LogP) is 6.28. The first-order valence-electron chi connectivity index (χ1n) is 15.7. The first-order chi connectivity index (χ1) is 22.5. The smallest absolute Gasteiger partial charge is 0.264 e. The number of nitrogens with zero attached hydrogens (tertiary/aromatic N) is 2. The highest BCUT2D eigenvalue weighted by Crippen LogP contribution is 2.27. The van der Waals surface area contributed by atoms with Crippen molar-refractivity contribution < 1.29 is 27.1 Å². The van der Waals surface area contributed by atoms with E-state index in [0.717, 1.165) is 33.1 Å². The highest BCUT2D eigenvalue weighted by molar-refractivity contribution is 7.92. The number of rotatable bonds is 15. The molecule has 0 fully saturated rings. The van der Waals surface area contributed by atoms with Gasteiger partial charge in [-0.1, -0.05) is 67.1 Å². The van der Waals surface area contributed by atoms with Gasteiger partial charge >= 0.3 is 0 Å². The lowest BCUT2D eigenvalue weighted by Gasteiger charge is -2.34. The molecule has 0 aromatic heterocycles. The lowest BCUT2D eigenvalue weighted by Crippen LogP contribution is -2.54. The molecule has 0 saturated carbocycles. The van der Waals surface area contributed by atoms with Crippen LogP contribution >= 0.6 is 0 Å².